The van der Waals surface area contributed by atoms with Crippen LogP contribution < -0.4 is 4.90 Å². The van der Waals surface area contributed by atoms with Crippen molar-refractivity contribution in [3.8, 4) is 28.3 Å². The molecule has 0 saturated carbocycles. The molecule has 0 radical (unpaired) electrons. The van der Waals surface area contributed by atoms with Gasteiger partial charge >= 0.3 is 5.97 Å². The molecule has 5 aromatic rings. The molecule has 0 aliphatic rings. The monoisotopic (exact) mass is 546 g/mol. The summed E-state index contributed by atoms with van der Waals surface area (Å²) in [5, 5.41) is 18.0. The van der Waals surface area contributed by atoms with E-state index >= 15 is 0 Å². The van der Waals surface area contributed by atoms with Gasteiger partial charge in [-0.3, -0.25) is 0 Å². The molecule has 0 unspecified atom stereocenters. The van der Waals surface area contributed by atoms with Crippen LogP contribution in [0.25, 0.3) is 28.3 Å². The minimum Gasteiger partial charge on any atom is -0.477 e. The lowest BCUT2D eigenvalue weighted by molar-refractivity contribution is -0.132. The van der Waals surface area contributed by atoms with Crippen LogP contribution >= 0.6 is 0 Å². The van der Waals surface area contributed by atoms with Crippen molar-refractivity contribution in [2.24, 2.45) is 0 Å². The van der Waals surface area contributed by atoms with Gasteiger partial charge in [0.1, 0.15) is 11.6 Å². The average molecular weight is 547 g/mol. The van der Waals surface area contributed by atoms with Crippen LogP contribution in [0, 0.1) is 25.2 Å². The van der Waals surface area contributed by atoms with Gasteiger partial charge in [-0.05, 0) is 84.1 Å². The number of benzene rings is 5. The fourth-order valence-electron chi connectivity index (χ4n) is 4.69. The average Bonchev–Trinajstić information content (AvgIpc) is 3.01. The lowest BCUT2D eigenvalue weighted by atomic mass is 10.0. The molecule has 0 amide bonds. The van der Waals surface area contributed by atoms with Gasteiger partial charge in [-0.25, -0.2) is 4.79 Å². The van der Waals surface area contributed by atoms with Crippen LogP contribution in [0.1, 0.15) is 16.7 Å². The highest BCUT2D eigenvalue weighted by atomic mass is 16.4. The second kappa shape index (κ2) is 12.7. The first-order valence-corrected chi connectivity index (χ1v) is 13.7. The van der Waals surface area contributed by atoms with Crippen molar-refractivity contribution in [1.82, 2.24) is 0 Å². The number of nitriles is 1. The normalized spacial score (nSPS) is 11.3. The lowest BCUT2D eigenvalue weighted by Gasteiger charge is -2.26. The second-order valence-electron chi connectivity index (χ2n) is 10.1. The first kappa shape index (κ1) is 27.9. The van der Waals surface area contributed by atoms with E-state index in [1.54, 1.807) is 18.2 Å². The van der Waals surface area contributed by atoms with Gasteiger partial charge in [-0.15, -0.1) is 0 Å². The minimum atomic E-state index is -1.24. The molecule has 1 N–H and O–H groups in total. The van der Waals surface area contributed by atoms with Crippen LogP contribution in [0.4, 0.5) is 17.1 Å². The summed E-state index contributed by atoms with van der Waals surface area (Å²) >= 11 is 0. The number of allylic oxidation sites excluding steroid dienone is 2. The number of aryl methyl sites for hydroxylation is 2. The third-order valence-corrected chi connectivity index (χ3v) is 7.07. The van der Waals surface area contributed by atoms with Crippen LogP contribution in [-0.2, 0) is 4.79 Å². The van der Waals surface area contributed by atoms with Crippen LogP contribution in [0.5, 0.6) is 0 Å². The van der Waals surface area contributed by atoms with Crippen molar-refractivity contribution < 1.29 is 9.90 Å². The number of carboxylic acid groups (broad SMARTS) is 1. The van der Waals surface area contributed by atoms with E-state index in [4.69, 9.17) is 10.4 Å². The molecule has 0 fully saturated rings. The highest BCUT2D eigenvalue weighted by Gasteiger charge is 2.13. The van der Waals surface area contributed by atoms with E-state index in [-0.39, 0.29) is 5.57 Å². The summed E-state index contributed by atoms with van der Waals surface area (Å²) in [6.45, 7) is 4.18. The number of nitrogens with zero attached hydrogens (tertiary/aromatic N) is 2. The maximum absolute atomic E-state index is 11.1. The number of anilines is 3. The third kappa shape index (κ3) is 6.55. The van der Waals surface area contributed by atoms with Crippen molar-refractivity contribution in [2.75, 3.05) is 4.90 Å². The van der Waals surface area contributed by atoms with Crippen LogP contribution in [-0.4, -0.2) is 11.1 Å². The quantitative estimate of drug-likeness (QED) is 0.120. The van der Waals surface area contributed by atoms with Crippen molar-refractivity contribution in [2.45, 2.75) is 13.8 Å². The molecule has 4 nitrogen and oxygen atoms in total. The molecule has 0 aliphatic heterocycles. The van der Waals surface area contributed by atoms with Gasteiger partial charge in [0.2, 0.25) is 0 Å². The van der Waals surface area contributed by atoms with Crippen LogP contribution in [0.15, 0.2) is 139 Å². The summed E-state index contributed by atoms with van der Waals surface area (Å²) < 4.78 is 0. The fourth-order valence-corrected chi connectivity index (χ4v) is 4.69. The van der Waals surface area contributed by atoms with Crippen molar-refractivity contribution >= 4 is 29.1 Å². The molecule has 5 aromatic carbocycles. The number of hydrogen-bond donors (Lipinski definition) is 1. The SMILES string of the molecule is Cc1ccc(-c2ccc(N(c3ccc(/C=C/C=C(\C#N)C(=O)O)cc3)c3ccc(-c4ccc(C)cc4)cc3)cc2)cc1. The predicted octanol–water partition coefficient (Wildman–Crippen LogP) is 9.66. The molecule has 4 heteroatoms. The second-order valence-corrected chi connectivity index (χ2v) is 10.1. The van der Waals surface area contributed by atoms with E-state index in [0.717, 1.165) is 33.8 Å². The molecule has 0 bridgehead atoms. The molecule has 0 heterocycles. The van der Waals surface area contributed by atoms with E-state index < -0.39 is 5.97 Å². The molecule has 0 atom stereocenters. The van der Waals surface area contributed by atoms with Gasteiger partial charge < -0.3 is 10.0 Å². The van der Waals surface area contributed by atoms with Gasteiger partial charge in [0, 0.05) is 17.1 Å². The zero-order valence-electron chi connectivity index (χ0n) is 23.5. The summed E-state index contributed by atoms with van der Waals surface area (Å²) in [6.07, 6.45) is 4.65. The number of hydrogen-bond acceptors (Lipinski definition) is 3. The molecule has 204 valence electrons. The Morgan fingerprint density at radius 1 is 0.619 bits per heavy atom. The number of carbonyl (C=O) groups is 1. The number of carboxylic acids is 1. The summed E-state index contributed by atoms with van der Waals surface area (Å²) in [6, 6.07) is 43.9. The van der Waals surface area contributed by atoms with E-state index in [9.17, 15) is 4.79 Å². The van der Waals surface area contributed by atoms with Crippen molar-refractivity contribution in [1.29, 1.82) is 5.26 Å². The zero-order chi connectivity index (χ0) is 29.5. The van der Waals surface area contributed by atoms with E-state index in [0.29, 0.717) is 0 Å². The Balaban J connectivity index is 1.48. The largest absolute Gasteiger partial charge is 0.477 e. The summed E-state index contributed by atoms with van der Waals surface area (Å²) in [5.41, 5.74) is 10.7. The Morgan fingerprint density at radius 2 is 0.976 bits per heavy atom. The fraction of sp³-hybridized carbons (Fsp3) is 0.0526. The van der Waals surface area contributed by atoms with E-state index in [1.807, 2.05) is 24.3 Å². The molecule has 0 spiro atoms. The van der Waals surface area contributed by atoms with E-state index in [1.165, 1.54) is 28.3 Å². The summed E-state index contributed by atoms with van der Waals surface area (Å²) in [7, 11) is 0. The zero-order valence-corrected chi connectivity index (χ0v) is 23.5. The van der Waals surface area contributed by atoms with Crippen molar-refractivity contribution in [3.05, 3.63) is 156 Å². The molecular weight excluding hydrogens is 516 g/mol. The maximum atomic E-state index is 11.1. The first-order chi connectivity index (χ1) is 20.4. The Morgan fingerprint density at radius 3 is 1.33 bits per heavy atom. The standard InChI is InChI=1S/C38H30N2O2/c1-27-6-12-30(13-7-27)32-16-22-36(23-17-32)40(37-24-18-33(19-25-37)31-14-8-28(2)9-15-31)35-20-10-29(11-21-35)4-3-5-34(26-39)38(41)42/h3-25H,1-2H3,(H,41,42)/b4-3+,34-5+. The predicted molar refractivity (Wildman–Crippen MR) is 172 cm³/mol. The highest BCUT2D eigenvalue weighted by molar-refractivity contribution is 5.91. The first-order valence-electron chi connectivity index (χ1n) is 13.7. The smallest absolute Gasteiger partial charge is 0.346 e. The maximum Gasteiger partial charge on any atom is 0.346 e. The molecule has 0 aliphatic carbocycles. The third-order valence-electron chi connectivity index (χ3n) is 7.07. The number of rotatable bonds is 8. The molecule has 5 rings (SSSR count). The number of aliphatic carboxylic acids is 1. The minimum absolute atomic E-state index is 0.308. The Hall–Kier alpha value is -5.66. The topological polar surface area (TPSA) is 64.3 Å². The molecule has 0 saturated heterocycles. The molecule has 0 aromatic heterocycles. The Kier molecular flexibility index (Phi) is 8.42. The van der Waals surface area contributed by atoms with Gasteiger partial charge in [0.15, 0.2) is 0 Å². The summed E-state index contributed by atoms with van der Waals surface area (Å²) in [5.74, 6) is -1.24. The molecule has 42 heavy (non-hydrogen) atoms. The Bertz CT molecular complexity index is 1680. The van der Waals surface area contributed by atoms with Crippen molar-refractivity contribution in [3.63, 3.8) is 0 Å². The summed E-state index contributed by atoms with van der Waals surface area (Å²) in [4.78, 5) is 13.3. The van der Waals surface area contributed by atoms with Gasteiger partial charge in [0.05, 0.1) is 0 Å². The van der Waals surface area contributed by atoms with Crippen LogP contribution in [0.3, 0.4) is 0 Å². The lowest BCUT2D eigenvalue weighted by Crippen LogP contribution is -2.09. The highest BCUT2D eigenvalue weighted by Crippen LogP contribution is 2.37. The Labute approximate surface area is 246 Å². The van der Waals surface area contributed by atoms with Gasteiger partial charge in [-0.2, -0.15) is 5.26 Å². The molecular formula is C38H30N2O2. The van der Waals surface area contributed by atoms with Gasteiger partial charge in [-0.1, -0.05) is 108 Å². The van der Waals surface area contributed by atoms with Crippen LogP contribution in [0.2, 0.25) is 0 Å². The van der Waals surface area contributed by atoms with Gasteiger partial charge in [0.25, 0.3) is 0 Å². The van der Waals surface area contributed by atoms with E-state index in [2.05, 4.69) is 116 Å².